The molecule has 160 valence electrons. The normalized spacial score (nSPS) is 10.9. The van der Waals surface area contributed by atoms with Gasteiger partial charge in [0.25, 0.3) is 0 Å². The van der Waals surface area contributed by atoms with Gasteiger partial charge in [-0.2, -0.15) is 10.2 Å². The molecule has 0 aliphatic heterocycles. The number of halogens is 2. The summed E-state index contributed by atoms with van der Waals surface area (Å²) in [6.07, 6.45) is 0.916. The van der Waals surface area contributed by atoms with Gasteiger partial charge in [-0.05, 0) is 48.9 Å². The summed E-state index contributed by atoms with van der Waals surface area (Å²) < 4.78 is 56.1. The van der Waals surface area contributed by atoms with Crippen molar-refractivity contribution in [2.75, 3.05) is 17.2 Å². The first kappa shape index (κ1) is 21.9. The highest BCUT2D eigenvalue weighted by atomic mass is 32.2. The molecule has 0 radical (unpaired) electrons. The Kier molecular flexibility index (Phi) is 6.28. The molecule has 1 aromatic heterocycles. The summed E-state index contributed by atoms with van der Waals surface area (Å²) in [4.78, 5) is 7.11. The Bertz CT molecular complexity index is 1280. The molecule has 4 N–H and O–H groups in total. The molecule has 0 spiro atoms. The van der Waals surface area contributed by atoms with Gasteiger partial charge in [0.05, 0.1) is 6.20 Å². The SMILES string of the molecule is Cc1cc(Nc2nc(Nc3ccc(F)c(S(N)(=O)=O)c3)ncc2F)ccc1OCC#N. The fraction of sp³-hybridized carbons (Fsp3) is 0.105. The van der Waals surface area contributed by atoms with Gasteiger partial charge < -0.3 is 15.4 Å². The van der Waals surface area contributed by atoms with E-state index in [1.54, 1.807) is 25.1 Å². The van der Waals surface area contributed by atoms with Crippen LogP contribution in [-0.4, -0.2) is 25.0 Å². The maximum Gasteiger partial charge on any atom is 0.241 e. The molecule has 0 atom stereocenters. The van der Waals surface area contributed by atoms with Gasteiger partial charge in [-0.15, -0.1) is 0 Å². The van der Waals surface area contributed by atoms with Crippen molar-refractivity contribution in [3.05, 3.63) is 59.8 Å². The molecule has 3 aromatic rings. The Balaban J connectivity index is 1.83. The second-order valence-electron chi connectivity index (χ2n) is 6.26. The van der Waals surface area contributed by atoms with Crippen molar-refractivity contribution in [3.63, 3.8) is 0 Å². The van der Waals surface area contributed by atoms with Crippen molar-refractivity contribution >= 4 is 33.2 Å². The molecule has 0 fully saturated rings. The maximum atomic E-state index is 14.2. The number of primary sulfonamides is 1. The molecule has 0 saturated heterocycles. The third-order valence-electron chi connectivity index (χ3n) is 3.97. The van der Waals surface area contributed by atoms with Crippen LogP contribution < -0.4 is 20.5 Å². The predicted octanol–water partition coefficient (Wildman–Crippen LogP) is 3.10. The first-order valence-corrected chi connectivity index (χ1v) is 10.2. The summed E-state index contributed by atoms with van der Waals surface area (Å²) in [5, 5.41) is 19.1. The van der Waals surface area contributed by atoms with Crippen molar-refractivity contribution < 1.29 is 21.9 Å². The van der Waals surface area contributed by atoms with E-state index in [1.165, 1.54) is 6.07 Å². The number of nitriles is 1. The molecule has 0 aliphatic carbocycles. The average molecular weight is 446 g/mol. The van der Waals surface area contributed by atoms with Crippen LogP contribution in [0.5, 0.6) is 5.75 Å². The zero-order valence-corrected chi connectivity index (χ0v) is 16.9. The van der Waals surface area contributed by atoms with E-state index < -0.39 is 26.6 Å². The first-order valence-electron chi connectivity index (χ1n) is 8.66. The number of hydrogen-bond donors (Lipinski definition) is 3. The van der Waals surface area contributed by atoms with E-state index in [4.69, 9.17) is 15.1 Å². The van der Waals surface area contributed by atoms with Crippen molar-refractivity contribution in [2.45, 2.75) is 11.8 Å². The molecule has 0 aliphatic rings. The third-order valence-corrected chi connectivity index (χ3v) is 4.89. The van der Waals surface area contributed by atoms with Gasteiger partial charge in [-0.25, -0.2) is 27.3 Å². The lowest BCUT2D eigenvalue weighted by atomic mass is 10.2. The lowest BCUT2D eigenvalue weighted by Gasteiger charge is -2.12. The van der Waals surface area contributed by atoms with Crippen LogP contribution in [0.3, 0.4) is 0 Å². The van der Waals surface area contributed by atoms with Crippen LogP contribution in [0.4, 0.5) is 31.9 Å². The molecular formula is C19H16F2N6O3S. The van der Waals surface area contributed by atoms with E-state index in [-0.39, 0.29) is 24.1 Å². The molecule has 2 aromatic carbocycles. The number of sulfonamides is 1. The van der Waals surface area contributed by atoms with Gasteiger partial charge in [0.15, 0.2) is 18.2 Å². The summed E-state index contributed by atoms with van der Waals surface area (Å²) in [6.45, 7) is 1.67. The maximum absolute atomic E-state index is 14.2. The van der Waals surface area contributed by atoms with Crippen LogP contribution in [0.25, 0.3) is 0 Å². The van der Waals surface area contributed by atoms with E-state index in [1.807, 2.05) is 6.07 Å². The summed E-state index contributed by atoms with van der Waals surface area (Å²) in [6, 6.07) is 9.95. The molecule has 31 heavy (non-hydrogen) atoms. The van der Waals surface area contributed by atoms with Gasteiger partial charge in [-0.1, -0.05) is 0 Å². The number of benzene rings is 2. The molecule has 1 heterocycles. The monoisotopic (exact) mass is 446 g/mol. The molecular weight excluding hydrogens is 430 g/mol. The molecule has 0 unspecified atom stereocenters. The van der Waals surface area contributed by atoms with Crippen LogP contribution in [0, 0.1) is 29.9 Å². The van der Waals surface area contributed by atoms with E-state index in [0.717, 1.165) is 23.9 Å². The van der Waals surface area contributed by atoms with E-state index in [9.17, 15) is 17.2 Å². The van der Waals surface area contributed by atoms with E-state index in [2.05, 4.69) is 20.6 Å². The fourth-order valence-corrected chi connectivity index (χ4v) is 3.21. The van der Waals surface area contributed by atoms with Crippen LogP contribution in [0.1, 0.15) is 5.56 Å². The number of ether oxygens (including phenoxy) is 1. The van der Waals surface area contributed by atoms with Gasteiger partial charge in [0.2, 0.25) is 16.0 Å². The largest absolute Gasteiger partial charge is 0.478 e. The summed E-state index contributed by atoms with van der Waals surface area (Å²) in [5.41, 5.74) is 1.36. The Labute approximate surface area is 176 Å². The zero-order valence-electron chi connectivity index (χ0n) is 16.1. The molecule has 0 bridgehead atoms. The summed E-state index contributed by atoms with van der Waals surface area (Å²) >= 11 is 0. The zero-order chi connectivity index (χ0) is 22.6. The summed E-state index contributed by atoms with van der Waals surface area (Å²) in [7, 11) is -4.27. The lowest BCUT2D eigenvalue weighted by Crippen LogP contribution is -2.14. The molecule has 12 heteroatoms. The number of hydrogen-bond acceptors (Lipinski definition) is 8. The minimum Gasteiger partial charge on any atom is -0.478 e. The van der Waals surface area contributed by atoms with E-state index in [0.29, 0.717) is 11.4 Å². The van der Waals surface area contributed by atoms with Crippen LogP contribution in [0.15, 0.2) is 47.5 Å². The van der Waals surface area contributed by atoms with Gasteiger partial charge in [-0.3, -0.25) is 0 Å². The van der Waals surface area contributed by atoms with Crippen molar-refractivity contribution in [2.24, 2.45) is 5.14 Å². The van der Waals surface area contributed by atoms with Crippen molar-refractivity contribution in [3.8, 4) is 11.8 Å². The minimum atomic E-state index is -4.27. The Hall–Kier alpha value is -3.82. The number of aryl methyl sites for hydroxylation is 1. The number of rotatable bonds is 7. The first-order chi connectivity index (χ1) is 14.7. The summed E-state index contributed by atoms with van der Waals surface area (Å²) in [5.74, 6) is -1.46. The highest BCUT2D eigenvalue weighted by molar-refractivity contribution is 7.89. The second kappa shape index (κ2) is 8.90. The number of nitrogens with two attached hydrogens (primary N) is 1. The lowest BCUT2D eigenvalue weighted by molar-refractivity contribution is 0.365. The number of nitrogens with one attached hydrogen (secondary N) is 2. The second-order valence-corrected chi connectivity index (χ2v) is 7.79. The number of aromatic nitrogens is 2. The van der Waals surface area contributed by atoms with Gasteiger partial charge >= 0.3 is 0 Å². The van der Waals surface area contributed by atoms with Crippen molar-refractivity contribution in [1.82, 2.24) is 9.97 Å². The van der Waals surface area contributed by atoms with E-state index >= 15 is 0 Å². The Morgan fingerprint density at radius 2 is 1.84 bits per heavy atom. The average Bonchev–Trinajstić information content (AvgIpc) is 2.70. The van der Waals surface area contributed by atoms with Gasteiger partial charge in [0.1, 0.15) is 22.5 Å². The Morgan fingerprint density at radius 3 is 2.52 bits per heavy atom. The molecule has 9 nitrogen and oxygen atoms in total. The predicted molar refractivity (Wildman–Crippen MR) is 109 cm³/mol. The Morgan fingerprint density at radius 1 is 1.13 bits per heavy atom. The number of nitrogens with zero attached hydrogens (tertiary/aromatic N) is 3. The minimum absolute atomic E-state index is 0.0680. The quantitative estimate of drug-likeness (QED) is 0.502. The van der Waals surface area contributed by atoms with Crippen LogP contribution >= 0.6 is 0 Å². The molecule has 3 rings (SSSR count). The van der Waals surface area contributed by atoms with Gasteiger partial charge in [0, 0.05) is 11.4 Å². The molecule has 0 saturated carbocycles. The number of anilines is 4. The van der Waals surface area contributed by atoms with Crippen LogP contribution in [0.2, 0.25) is 0 Å². The van der Waals surface area contributed by atoms with Crippen LogP contribution in [-0.2, 0) is 10.0 Å². The smallest absolute Gasteiger partial charge is 0.241 e. The van der Waals surface area contributed by atoms with Crippen molar-refractivity contribution in [1.29, 1.82) is 5.26 Å². The third kappa shape index (κ3) is 5.41. The fourth-order valence-electron chi connectivity index (χ4n) is 2.58. The standard InChI is InChI=1S/C19H16F2N6O3S/c1-11-8-12(3-5-16(11)30-7-6-22)25-18-15(21)10-24-19(27-18)26-13-2-4-14(20)17(9-13)31(23,28)29/h2-5,8-10H,7H2,1H3,(H2,23,28,29)(H2,24,25,26,27). The highest BCUT2D eigenvalue weighted by Crippen LogP contribution is 2.26. The molecule has 0 amide bonds. The highest BCUT2D eigenvalue weighted by Gasteiger charge is 2.16. The topological polar surface area (TPSA) is 143 Å².